The zero-order chi connectivity index (χ0) is 6.62. The van der Waals surface area contributed by atoms with Crippen molar-refractivity contribution in [1.82, 2.24) is 0 Å². The van der Waals surface area contributed by atoms with E-state index in [2.05, 4.69) is 22.0 Å². The number of nitrogens with zero attached hydrogens (tertiary/aromatic N) is 1. The summed E-state index contributed by atoms with van der Waals surface area (Å²) < 4.78 is -0.257. The Kier molecular flexibility index (Phi) is 3.08. The van der Waals surface area contributed by atoms with Crippen molar-refractivity contribution in [3.63, 3.8) is 0 Å². The van der Waals surface area contributed by atoms with Crippen molar-refractivity contribution >= 4 is 15.9 Å². The molecule has 1 nitrogen and oxygen atoms in total. The Labute approximate surface area is 58.8 Å². The summed E-state index contributed by atoms with van der Waals surface area (Å²) in [6.07, 6.45) is 1.75. The van der Waals surface area contributed by atoms with Crippen molar-refractivity contribution in [3.05, 3.63) is 0 Å². The molecule has 0 spiro atoms. The SMILES string of the molecule is CCC(Br)(C#N)CC. The van der Waals surface area contributed by atoms with E-state index < -0.39 is 0 Å². The van der Waals surface area contributed by atoms with Crippen molar-refractivity contribution in [2.45, 2.75) is 31.0 Å². The molecule has 0 fully saturated rings. The molecule has 0 N–H and O–H groups in total. The first-order valence-electron chi connectivity index (χ1n) is 2.78. The molecule has 0 aromatic heterocycles. The molecule has 0 aliphatic carbocycles. The Morgan fingerprint density at radius 2 is 1.88 bits per heavy atom. The molecule has 0 aliphatic heterocycles. The van der Waals surface area contributed by atoms with E-state index in [0.29, 0.717) is 0 Å². The molecular formula is C6H10BrN. The average molecular weight is 176 g/mol. The van der Waals surface area contributed by atoms with Crippen LogP contribution in [0.4, 0.5) is 0 Å². The lowest BCUT2D eigenvalue weighted by molar-refractivity contribution is 0.686. The standard InChI is InChI=1S/C6H10BrN/c1-3-6(7,4-2)5-8/h3-4H2,1-2H3. The molecule has 0 aromatic carbocycles. The third kappa shape index (κ3) is 1.83. The third-order valence-electron chi connectivity index (χ3n) is 1.32. The van der Waals surface area contributed by atoms with Gasteiger partial charge in [-0.1, -0.05) is 29.8 Å². The van der Waals surface area contributed by atoms with Crippen LogP contribution in [0.5, 0.6) is 0 Å². The fourth-order valence-electron chi connectivity index (χ4n) is 0.408. The molecular weight excluding hydrogens is 166 g/mol. The van der Waals surface area contributed by atoms with E-state index in [1.54, 1.807) is 0 Å². The number of alkyl halides is 1. The highest BCUT2D eigenvalue weighted by molar-refractivity contribution is 9.10. The van der Waals surface area contributed by atoms with Crippen LogP contribution in [-0.2, 0) is 0 Å². The van der Waals surface area contributed by atoms with Crippen LogP contribution in [0.25, 0.3) is 0 Å². The molecule has 46 valence electrons. The first-order chi connectivity index (χ1) is 3.68. The topological polar surface area (TPSA) is 23.8 Å². The maximum atomic E-state index is 8.49. The van der Waals surface area contributed by atoms with Crippen LogP contribution in [0.2, 0.25) is 0 Å². The Hall–Kier alpha value is -0.0300. The minimum Gasteiger partial charge on any atom is -0.197 e. The summed E-state index contributed by atoms with van der Waals surface area (Å²) in [6, 6.07) is 2.19. The second-order valence-corrected chi connectivity index (χ2v) is 3.30. The number of rotatable bonds is 2. The van der Waals surface area contributed by atoms with Gasteiger partial charge in [-0.25, -0.2) is 0 Å². The smallest absolute Gasteiger partial charge is 0.111 e. The van der Waals surface area contributed by atoms with Gasteiger partial charge in [-0.15, -0.1) is 0 Å². The van der Waals surface area contributed by atoms with Crippen LogP contribution >= 0.6 is 15.9 Å². The highest BCUT2D eigenvalue weighted by atomic mass is 79.9. The Morgan fingerprint density at radius 1 is 1.50 bits per heavy atom. The molecule has 0 heterocycles. The summed E-state index contributed by atoms with van der Waals surface area (Å²) in [5.41, 5.74) is 0. The lowest BCUT2D eigenvalue weighted by atomic mass is 10.1. The number of halogens is 1. The normalized spacial score (nSPS) is 10.8. The van der Waals surface area contributed by atoms with Gasteiger partial charge in [-0.2, -0.15) is 5.26 Å². The fraction of sp³-hybridized carbons (Fsp3) is 0.833. The van der Waals surface area contributed by atoms with Gasteiger partial charge in [0.05, 0.1) is 6.07 Å². The Morgan fingerprint density at radius 3 is 1.88 bits per heavy atom. The molecule has 0 rings (SSSR count). The summed E-state index contributed by atoms with van der Waals surface area (Å²) in [7, 11) is 0. The van der Waals surface area contributed by atoms with Crippen LogP contribution in [0.3, 0.4) is 0 Å². The molecule has 2 heteroatoms. The first kappa shape index (κ1) is 7.97. The molecule has 0 atom stereocenters. The second-order valence-electron chi connectivity index (χ2n) is 1.78. The molecule has 0 saturated carbocycles. The molecule has 8 heavy (non-hydrogen) atoms. The monoisotopic (exact) mass is 175 g/mol. The van der Waals surface area contributed by atoms with Gasteiger partial charge in [0.15, 0.2) is 0 Å². The molecule has 0 radical (unpaired) electrons. The van der Waals surface area contributed by atoms with Gasteiger partial charge in [0.2, 0.25) is 0 Å². The maximum Gasteiger partial charge on any atom is 0.111 e. The van der Waals surface area contributed by atoms with Crippen molar-refractivity contribution in [1.29, 1.82) is 5.26 Å². The predicted molar refractivity (Wildman–Crippen MR) is 37.9 cm³/mol. The van der Waals surface area contributed by atoms with Crippen LogP contribution in [0.15, 0.2) is 0 Å². The van der Waals surface area contributed by atoms with Gasteiger partial charge in [0.25, 0.3) is 0 Å². The van der Waals surface area contributed by atoms with Gasteiger partial charge >= 0.3 is 0 Å². The van der Waals surface area contributed by atoms with Crippen molar-refractivity contribution < 1.29 is 0 Å². The Balaban J connectivity index is 3.83. The molecule has 0 aromatic rings. The summed E-state index contributed by atoms with van der Waals surface area (Å²) >= 11 is 3.32. The van der Waals surface area contributed by atoms with Crippen molar-refractivity contribution in [2.75, 3.05) is 0 Å². The zero-order valence-corrected chi connectivity index (χ0v) is 6.83. The molecule has 0 bridgehead atoms. The van der Waals surface area contributed by atoms with Gasteiger partial charge in [0.1, 0.15) is 4.32 Å². The molecule has 0 unspecified atom stereocenters. The van der Waals surface area contributed by atoms with E-state index in [-0.39, 0.29) is 4.32 Å². The van der Waals surface area contributed by atoms with Gasteiger partial charge in [-0.05, 0) is 12.8 Å². The number of hydrogen-bond acceptors (Lipinski definition) is 1. The highest BCUT2D eigenvalue weighted by Gasteiger charge is 2.19. The van der Waals surface area contributed by atoms with E-state index in [0.717, 1.165) is 12.8 Å². The largest absolute Gasteiger partial charge is 0.197 e. The summed E-state index contributed by atoms with van der Waals surface area (Å²) in [6.45, 7) is 4.00. The van der Waals surface area contributed by atoms with Crippen LogP contribution in [0.1, 0.15) is 26.7 Å². The van der Waals surface area contributed by atoms with E-state index in [9.17, 15) is 0 Å². The highest BCUT2D eigenvalue weighted by Crippen LogP contribution is 2.24. The molecule has 0 saturated heterocycles. The summed E-state index contributed by atoms with van der Waals surface area (Å²) in [4.78, 5) is 0. The fourth-order valence-corrected chi connectivity index (χ4v) is 0.408. The molecule has 0 aliphatic rings. The van der Waals surface area contributed by atoms with Crippen molar-refractivity contribution in [2.24, 2.45) is 0 Å². The molecule has 0 amide bonds. The predicted octanol–water partition coefficient (Wildman–Crippen LogP) is 2.46. The van der Waals surface area contributed by atoms with Crippen LogP contribution in [0, 0.1) is 11.3 Å². The second kappa shape index (κ2) is 3.09. The average Bonchev–Trinajstić information content (AvgIpc) is 1.87. The number of hydrogen-bond donors (Lipinski definition) is 0. The van der Waals surface area contributed by atoms with E-state index in [1.807, 2.05) is 13.8 Å². The van der Waals surface area contributed by atoms with E-state index in [1.165, 1.54) is 0 Å². The minimum atomic E-state index is -0.257. The lowest BCUT2D eigenvalue weighted by Crippen LogP contribution is -2.13. The first-order valence-corrected chi connectivity index (χ1v) is 3.58. The van der Waals surface area contributed by atoms with Gasteiger partial charge in [-0.3, -0.25) is 0 Å². The van der Waals surface area contributed by atoms with Crippen molar-refractivity contribution in [3.8, 4) is 6.07 Å². The zero-order valence-electron chi connectivity index (χ0n) is 5.24. The summed E-state index contributed by atoms with van der Waals surface area (Å²) in [5.74, 6) is 0. The maximum absolute atomic E-state index is 8.49. The lowest BCUT2D eigenvalue weighted by Gasteiger charge is -2.12. The van der Waals surface area contributed by atoms with E-state index >= 15 is 0 Å². The van der Waals surface area contributed by atoms with Crippen LogP contribution < -0.4 is 0 Å². The van der Waals surface area contributed by atoms with Gasteiger partial charge in [0, 0.05) is 0 Å². The summed E-state index contributed by atoms with van der Waals surface area (Å²) in [5, 5.41) is 8.49. The van der Waals surface area contributed by atoms with Gasteiger partial charge < -0.3 is 0 Å². The quantitative estimate of drug-likeness (QED) is 0.593. The number of nitriles is 1. The third-order valence-corrected chi connectivity index (χ3v) is 2.62. The van der Waals surface area contributed by atoms with E-state index in [4.69, 9.17) is 5.26 Å². The van der Waals surface area contributed by atoms with Crippen LogP contribution in [-0.4, -0.2) is 4.32 Å². The minimum absolute atomic E-state index is 0.257. The Bertz CT molecular complexity index is 99.6.